The van der Waals surface area contributed by atoms with Crippen LogP contribution in [0.5, 0.6) is 0 Å². The molecule has 9 heteroatoms. The lowest BCUT2D eigenvalue weighted by Gasteiger charge is -2.16. The number of hydrogen-bond acceptors (Lipinski definition) is 5. The number of nitrogens with zero attached hydrogens (tertiary/aromatic N) is 2. The summed E-state index contributed by atoms with van der Waals surface area (Å²) in [5, 5.41) is 10.4. The summed E-state index contributed by atoms with van der Waals surface area (Å²) in [6.45, 7) is 0.114. The quantitative estimate of drug-likeness (QED) is 0.616. The fourth-order valence-corrected chi connectivity index (χ4v) is 2.51. The Morgan fingerprint density at radius 1 is 1.50 bits per heavy atom. The molecule has 7 nitrogen and oxygen atoms in total. The zero-order chi connectivity index (χ0) is 13.9. The lowest BCUT2D eigenvalue weighted by atomic mass is 10.3. The van der Waals surface area contributed by atoms with Crippen molar-refractivity contribution in [1.82, 2.24) is 4.31 Å². The second-order valence-electron chi connectivity index (χ2n) is 3.49. The lowest BCUT2D eigenvalue weighted by molar-refractivity contribution is -0.385. The molecule has 2 N–H and O–H groups in total. The molecule has 0 aliphatic rings. The third-order valence-electron chi connectivity index (χ3n) is 2.26. The summed E-state index contributed by atoms with van der Waals surface area (Å²) in [7, 11) is -2.77. The summed E-state index contributed by atoms with van der Waals surface area (Å²) >= 11 is 0. The first-order valence-corrected chi connectivity index (χ1v) is 6.35. The van der Waals surface area contributed by atoms with Crippen LogP contribution in [0.3, 0.4) is 0 Å². The molecule has 0 amide bonds. The minimum atomic E-state index is -4.02. The van der Waals surface area contributed by atoms with E-state index in [2.05, 4.69) is 0 Å². The summed E-state index contributed by atoms with van der Waals surface area (Å²) in [6.07, 6.45) is 0. The highest BCUT2D eigenvalue weighted by atomic mass is 32.2. The molecule has 0 heterocycles. The van der Waals surface area contributed by atoms with E-state index < -0.39 is 31.3 Å². The Morgan fingerprint density at radius 2 is 2.11 bits per heavy atom. The van der Waals surface area contributed by atoms with Crippen molar-refractivity contribution < 1.29 is 17.7 Å². The molecule has 100 valence electrons. The molecule has 1 aromatic carbocycles. The second kappa shape index (κ2) is 5.38. The van der Waals surface area contributed by atoms with Crippen LogP contribution < -0.4 is 5.73 Å². The van der Waals surface area contributed by atoms with Gasteiger partial charge >= 0.3 is 0 Å². The van der Waals surface area contributed by atoms with Crippen LogP contribution in [0.4, 0.5) is 10.1 Å². The zero-order valence-corrected chi connectivity index (χ0v) is 10.4. The van der Waals surface area contributed by atoms with Crippen molar-refractivity contribution >= 4 is 15.7 Å². The number of sulfonamides is 1. The molecule has 0 atom stereocenters. The van der Waals surface area contributed by atoms with E-state index in [1.165, 1.54) is 7.05 Å². The molecule has 0 radical (unpaired) electrons. The van der Waals surface area contributed by atoms with E-state index in [-0.39, 0.29) is 13.1 Å². The summed E-state index contributed by atoms with van der Waals surface area (Å²) in [4.78, 5) is 9.00. The van der Waals surface area contributed by atoms with Crippen LogP contribution in [-0.2, 0) is 10.0 Å². The number of nitro groups is 1. The monoisotopic (exact) mass is 277 g/mol. The molecule has 0 aliphatic heterocycles. The van der Waals surface area contributed by atoms with Crippen molar-refractivity contribution in [2.45, 2.75) is 4.90 Å². The van der Waals surface area contributed by atoms with Crippen molar-refractivity contribution in [3.8, 4) is 0 Å². The van der Waals surface area contributed by atoms with Gasteiger partial charge in [0.15, 0.2) is 0 Å². The Balaban J connectivity index is 3.22. The molecular formula is C9H12FN3O4S. The van der Waals surface area contributed by atoms with Crippen molar-refractivity contribution in [3.63, 3.8) is 0 Å². The molecule has 0 aliphatic carbocycles. The molecule has 0 fully saturated rings. The molecule has 0 saturated carbocycles. The molecule has 0 saturated heterocycles. The molecule has 0 bridgehead atoms. The second-order valence-corrected chi connectivity index (χ2v) is 5.50. The number of nitrogens with two attached hydrogens (primary N) is 1. The van der Waals surface area contributed by atoms with Gasteiger partial charge in [-0.15, -0.1) is 0 Å². The number of non-ortho nitro benzene ring substituents is 1. The van der Waals surface area contributed by atoms with Gasteiger partial charge in [0.25, 0.3) is 5.69 Å². The molecule has 1 aromatic rings. The maximum absolute atomic E-state index is 13.6. The molecule has 0 spiro atoms. The Hall–Kier alpha value is -1.58. The topological polar surface area (TPSA) is 107 Å². The summed E-state index contributed by atoms with van der Waals surface area (Å²) in [5.41, 5.74) is 4.71. The fourth-order valence-electron chi connectivity index (χ4n) is 1.28. The Bertz CT molecular complexity index is 561. The van der Waals surface area contributed by atoms with E-state index in [0.717, 1.165) is 16.4 Å². The predicted molar refractivity (Wildman–Crippen MR) is 61.9 cm³/mol. The Morgan fingerprint density at radius 3 is 2.56 bits per heavy atom. The van der Waals surface area contributed by atoms with Gasteiger partial charge in [-0.25, -0.2) is 12.8 Å². The lowest BCUT2D eigenvalue weighted by Crippen LogP contribution is -2.32. The third-order valence-corrected chi connectivity index (χ3v) is 4.15. The fraction of sp³-hybridized carbons (Fsp3) is 0.333. The van der Waals surface area contributed by atoms with Gasteiger partial charge in [-0.05, 0) is 6.07 Å². The third kappa shape index (κ3) is 2.81. The van der Waals surface area contributed by atoms with E-state index in [4.69, 9.17) is 5.73 Å². The summed E-state index contributed by atoms with van der Waals surface area (Å²) in [5.74, 6) is -1.16. The van der Waals surface area contributed by atoms with Gasteiger partial charge in [0.2, 0.25) is 10.0 Å². The maximum Gasteiger partial charge on any atom is 0.272 e. The summed E-state index contributed by atoms with van der Waals surface area (Å²) < 4.78 is 38.2. The van der Waals surface area contributed by atoms with Gasteiger partial charge in [0.1, 0.15) is 10.7 Å². The SMILES string of the molecule is CN(CCN)S(=O)(=O)c1ccc([N+](=O)[O-])cc1F. The van der Waals surface area contributed by atoms with Crippen LogP contribution in [0, 0.1) is 15.9 Å². The van der Waals surface area contributed by atoms with E-state index in [1.54, 1.807) is 0 Å². The smallest absolute Gasteiger partial charge is 0.272 e. The highest BCUT2D eigenvalue weighted by Crippen LogP contribution is 2.22. The van der Waals surface area contributed by atoms with E-state index in [0.29, 0.717) is 6.07 Å². The van der Waals surface area contributed by atoms with Gasteiger partial charge in [0, 0.05) is 26.2 Å². The zero-order valence-electron chi connectivity index (χ0n) is 9.54. The van der Waals surface area contributed by atoms with Gasteiger partial charge < -0.3 is 5.73 Å². The maximum atomic E-state index is 13.6. The normalized spacial score (nSPS) is 11.8. The predicted octanol–water partition coefficient (Wildman–Crippen LogP) is 0.313. The van der Waals surface area contributed by atoms with Gasteiger partial charge in [-0.1, -0.05) is 0 Å². The number of benzene rings is 1. The van der Waals surface area contributed by atoms with Crippen molar-refractivity contribution in [1.29, 1.82) is 0 Å². The van der Waals surface area contributed by atoms with E-state index >= 15 is 0 Å². The molecule has 18 heavy (non-hydrogen) atoms. The van der Waals surface area contributed by atoms with E-state index in [9.17, 15) is 22.9 Å². The number of hydrogen-bond donors (Lipinski definition) is 1. The molecule has 1 rings (SSSR count). The van der Waals surface area contributed by atoms with Crippen molar-refractivity contribution in [3.05, 3.63) is 34.1 Å². The first-order chi connectivity index (χ1) is 8.30. The molecular weight excluding hydrogens is 265 g/mol. The van der Waals surface area contributed by atoms with Crippen molar-refractivity contribution in [2.24, 2.45) is 5.73 Å². The van der Waals surface area contributed by atoms with Gasteiger partial charge in [0.05, 0.1) is 11.0 Å². The standard InChI is InChI=1S/C9H12FN3O4S/c1-12(5-4-11)18(16,17)9-3-2-7(13(14)15)6-8(9)10/h2-3,6H,4-5,11H2,1H3. The highest BCUT2D eigenvalue weighted by Gasteiger charge is 2.25. The average molecular weight is 277 g/mol. The minimum Gasteiger partial charge on any atom is -0.329 e. The molecule has 0 aromatic heterocycles. The number of likely N-dealkylation sites (N-methyl/N-ethyl adjacent to an activating group) is 1. The van der Waals surface area contributed by atoms with Crippen LogP contribution in [0.1, 0.15) is 0 Å². The van der Waals surface area contributed by atoms with Crippen LogP contribution in [0.25, 0.3) is 0 Å². The van der Waals surface area contributed by atoms with Gasteiger partial charge in [-0.3, -0.25) is 10.1 Å². The largest absolute Gasteiger partial charge is 0.329 e. The summed E-state index contributed by atoms with van der Waals surface area (Å²) in [6, 6.07) is 2.38. The Kier molecular flexibility index (Phi) is 4.33. The van der Waals surface area contributed by atoms with Crippen LogP contribution in [-0.4, -0.2) is 37.8 Å². The van der Waals surface area contributed by atoms with Crippen LogP contribution in [0.2, 0.25) is 0 Å². The Labute approximate surface area is 103 Å². The number of nitro benzene ring substituents is 1. The first-order valence-electron chi connectivity index (χ1n) is 4.91. The van der Waals surface area contributed by atoms with Gasteiger partial charge in [-0.2, -0.15) is 4.31 Å². The van der Waals surface area contributed by atoms with Crippen LogP contribution in [0.15, 0.2) is 23.1 Å². The number of halogens is 1. The highest BCUT2D eigenvalue weighted by molar-refractivity contribution is 7.89. The van der Waals surface area contributed by atoms with Crippen molar-refractivity contribution in [2.75, 3.05) is 20.1 Å². The molecule has 0 unspecified atom stereocenters. The number of rotatable bonds is 5. The first kappa shape index (κ1) is 14.5. The minimum absolute atomic E-state index is 0.0265. The van der Waals surface area contributed by atoms with Crippen LogP contribution >= 0.6 is 0 Å². The average Bonchev–Trinajstić information content (AvgIpc) is 2.28. The van der Waals surface area contributed by atoms with E-state index in [1.807, 2.05) is 0 Å².